The first kappa shape index (κ1) is 15.7. The van der Waals surface area contributed by atoms with E-state index >= 15 is 0 Å². The van der Waals surface area contributed by atoms with Crippen LogP contribution in [-0.4, -0.2) is 33.1 Å². The largest absolute Gasteiger partial charge is 0.497 e. The van der Waals surface area contributed by atoms with Crippen molar-refractivity contribution in [3.8, 4) is 17.4 Å². The third-order valence-corrected chi connectivity index (χ3v) is 3.13. The molecule has 10 heteroatoms. The zero-order valence-electron chi connectivity index (χ0n) is 12.1. The summed E-state index contributed by atoms with van der Waals surface area (Å²) >= 11 is 0. The first-order valence-corrected chi connectivity index (χ1v) is 6.50. The molecule has 0 fully saturated rings. The standard InChI is InChI=1S/C14H9F3N4O3/c1-23-8-2-3-10-9(4-8)20-13(14(15,16)17)21(10)11-5-19-12(6-18-11)24-7-22/h2-7H,1H3. The molecule has 0 amide bonds. The molecule has 2 heterocycles. The number of fused-ring (bicyclic) bond motifs is 1. The maximum atomic E-state index is 13.3. The SMILES string of the molecule is COc1ccc2c(c1)nc(C(F)(F)F)n2-c1cnc(OC=O)cn1. The Morgan fingerprint density at radius 3 is 2.58 bits per heavy atom. The van der Waals surface area contributed by atoms with Crippen molar-refractivity contribution < 1.29 is 27.4 Å². The minimum atomic E-state index is -4.70. The van der Waals surface area contributed by atoms with Crippen LogP contribution in [0, 0.1) is 0 Å². The molecule has 124 valence electrons. The van der Waals surface area contributed by atoms with Crippen LogP contribution in [0.15, 0.2) is 30.6 Å². The van der Waals surface area contributed by atoms with Gasteiger partial charge in [-0.25, -0.2) is 15.0 Å². The van der Waals surface area contributed by atoms with Gasteiger partial charge in [0.2, 0.25) is 11.7 Å². The molecule has 0 N–H and O–H groups in total. The highest BCUT2D eigenvalue weighted by Gasteiger charge is 2.38. The van der Waals surface area contributed by atoms with Crippen LogP contribution in [0.25, 0.3) is 16.9 Å². The lowest BCUT2D eigenvalue weighted by atomic mass is 10.3. The van der Waals surface area contributed by atoms with E-state index in [1.165, 1.54) is 25.3 Å². The van der Waals surface area contributed by atoms with Gasteiger partial charge >= 0.3 is 6.18 Å². The first-order valence-electron chi connectivity index (χ1n) is 6.50. The fourth-order valence-corrected chi connectivity index (χ4v) is 2.14. The lowest BCUT2D eigenvalue weighted by Gasteiger charge is -2.10. The Balaban J connectivity index is 2.22. The van der Waals surface area contributed by atoms with Gasteiger partial charge < -0.3 is 9.47 Å². The Kier molecular flexibility index (Phi) is 3.80. The average molecular weight is 338 g/mol. The number of aromatic nitrogens is 4. The number of ether oxygens (including phenoxy) is 2. The van der Waals surface area contributed by atoms with Crippen molar-refractivity contribution in [2.75, 3.05) is 7.11 Å². The van der Waals surface area contributed by atoms with Crippen molar-refractivity contribution >= 4 is 17.5 Å². The van der Waals surface area contributed by atoms with Crippen molar-refractivity contribution in [1.82, 2.24) is 19.5 Å². The zero-order chi connectivity index (χ0) is 17.3. The fraction of sp³-hybridized carbons (Fsp3) is 0.143. The summed E-state index contributed by atoms with van der Waals surface area (Å²) in [7, 11) is 1.40. The van der Waals surface area contributed by atoms with Crippen molar-refractivity contribution in [2.24, 2.45) is 0 Å². The molecule has 0 aliphatic carbocycles. The van der Waals surface area contributed by atoms with Gasteiger partial charge in [-0.05, 0) is 12.1 Å². The number of benzene rings is 1. The summed E-state index contributed by atoms with van der Waals surface area (Å²) in [6.45, 7) is 0.143. The van der Waals surface area contributed by atoms with Gasteiger partial charge in [-0.3, -0.25) is 9.36 Å². The molecule has 0 saturated heterocycles. The Morgan fingerprint density at radius 2 is 2.00 bits per heavy atom. The first-order chi connectivity index (χ1) is 11.4. The van der Waals surface area contributed by atoms with Gasteiger partial charge in [0.05, 0.1) is 30.5 Å². The molecule has 0 atom stereocenters. The number of hydrogen-bond donors (Lipinski definition) is 0. The molecule has 3 rings (SSSR count). The van der Waals surface area contributed by atoms with Gasteiger partial charge in [0.25, 0.3) is 6.47 Å². The average Bonchev–Trinajstić information content (AvgIpc) is 2.94. The van der Waals surface area contributed by atoms with E-state index in [9.17, 15) is 18.0 Å². The van der Waals surface area contributed by atoms with Crippen LogP contribution in [0.5, 0.6) is 11.6 Å². The van der Waals surface area contributed by atoms with E-state index in [0.29, 0.717) is 5.75 Å². The van der Waals surface area contributed by atoms with Gasteiger partial charge in [-0.2, -0.15) is 13.2 Å². The third kappa shape index (κ3) is 2.73. The van der Waals surface area contributed by atoms with Crippen LogP contribution < -0.4 is 9.47 Å². The lowest BCUT2D eigenvalue weighted by Crippen LogP contribution is -2.14. The normalized spacial score (nSPS) is 11.5. The number of methoxy groups -OCH3 is 1. The molecular formula is C14H9F3N4O3. The molecule has 0 aliphatic heterocycles. The molecule has 2 aromatic heterocycles. The summed E-state index contributed by atoms with van der Waals surface area (Å²) in [5, 5.41) is 0. The predicted molar refractivity (Wildman–Crippen MR) is 74.9 cm³/mol. The van der Waals surface area contributed by atoms with E-state index in [-0.39, 0.29) is 29.2 Å². The van der Waals surface area contributed by atoms with Crippen LogP contribution >= 0.6 is 0 Å². The Bertz CT molecular complexity index is 891. The Hall–Kier alpha value is -3.17. The molecule has 3 aromatic rings. The van der Waals surface area contributed by atoms with Crippen molar-refractivity contribution in [1.29, 1.82) is 0 Å². The van der Waals surface area contributed by atoms with Gasteiger partial charge in [-0.15, -0.1) is 0 Å². The van der Waals surface area contributed by atoms with Crippen LogP contribution in [0.1, 0.15) is 5.82 Å². The molecule has 0 bridgehead atoms. The molecule has 24 heavy (non-hydrogen) atoms. The number of nitrogens with zero attached hydrogens (tertiary/aromatic N) is 4. The smallest absolute Gasteiger partial charge is 0.450 e. The van der Waals surface area contributed by atoms with Crippen LogP contribution in [0.2, 0.25) is 0 Å². The van der Waals surface area contributed by atoms with E-state index in [0.717, 1.165) is 17.0 Å². The maximum absolute atomic E-state index is 13.3. The zero-order valence-corrected chi connectivity index (χ0v) is 12.1. The Labute approximate surface area is 132 Å². The highest BCUT2D eigenvalue weighted by atomic mass is 19.4. The van der Waals surface area contributed by atoms with Crippen molar-refractivity contribution in [3.63, 3.8) is 0 Å². The number of rotatable bonds is 4. The number of alkyl halides is 3. The number of imidazole rings is 1. The highest BCUT2D eigenvalue weighted by molar-refractivity contribution is 5.79. The lowest BCUT2D eigenvalue weighted by molar-refractivity contribution is -0.145. The monoisotopic (exact) mass is 338 g/mol. The summed E-state index contributed by atoms with van der Waals surface area (Å²) < 4.78 is 50.3. The highest BCUT2D eigenvalue weighted by Crippen LogP contribution is 2.34. The molecule has 0 radical (unpaired) electrons. The van der Waals surface area contributed by atoms with E-state index in [1.807, 2.05) is 0 Å². The summed E-state index contributed by atoms with van der Waals surface area (Å²) in [5.74, 6) is -1.02. The molecular weight excluding hydrogens is 329 g/mol. The fourth-order valence-electron chi connectivity index (χ4n) is 2.14. The van der Waals surface area contributed by atoms with E-state index in [2.05, 4.69) is 19.7 Å². The second-order valence-electron chi connectivity index (χ2n) is 4.55. The van der Waals surface area contributed by atoms with Gasteiger partial charge in [0.15, 0.2) is 5.82 Å². The molecule has 0 unspecified atom stereocenters. The second kappa shape index (κ2) is 5.80. The quantitative estimate of drug-likeness (QED) is 0.680. The van der Waals surface area contributed by atoms with Crippen LogP contribution in [-0.2, 0) is 11.0 Å². The van der Waals surface area contributed by atoms with E-state index in [1.54, 1.807) is 0 Å². The van der Waals surface area contributed by atoms with Gasteiger partial charge in [-0.1, -0.05) is 0 Å². The summed E-state index contributed by atoms with van der Waals surface area (Å²) in [6.07, 6.45) is -2.61. The molecule has 0 saturated carbocycles. The van der Waals surface area contributed by atoms with E-state index in [4.69, 9.17) is 4.74 Å². The molecule has 7 nitrogen and oxygen atoms in total. The van der Waals surface area contributed by atoms with Crippen LogP contribution in [0.4, 0.5) is 13.2 Å². The van der Waals surface area contributed by atoms with Crippen molar-refractivity contribution in [2.45, 2.75) is 6.18 Å². The minimum absolute atomic E-state index is 0.0942. The van der Waals surface area contributed by atoms with Gasteiger partial charge in [0, 0.05) is 6.07 Å². The van der Waals surface area contributed by atoms with Crippen LogP contribution in [0.3, 0.4) is 0 Å². The summed E-state index contributed by atoms with van der Waals surface area (Å²) in [6, 6.07) is 4.34. The van der Waals surface area contributed by atoms with Gasteiger partial charge in [0.1, 0.15) is 5.75 Å². The predicted octanol–water partition coefficient (Wildman–Crippen LogP) is 2.38. The summed E-state index contributed by atoms with van der Waals surface area (Å²) in [5.41, 5.74) is 0.276. The summed E-state index contributed by atoms with van der Waals surface area (Å²) in [4.78, 5) is 21.5. The third-order valence-electron chi connectivity index (χ3n) is 3.13. The number of carbonyl (C=O) groups excluding carboxylic acids is 1. The number of carbonyl (C=O) groups is 1. The number of halogens is 3. The number of hydrogen-bond acceptors (Lipinski definition) is 6. The maximum Gasteiger partial charge on any atom is 0.450 e. The molecule has 0 aliphatic rings. The molecule has 0 spiro atoms. The molecule has 1 aromatic carbocycles. The second-order valence-corrected chi connectivity index (χ2v) is 4.55. The van der Waals surface area contributed by atoms with Crippen molar-refractivity contribution in [3.05, 3.63) is 36.4 Å². The minimum Gasteiger partial charge on any atom is -0.497 e. The topological polar surface area (TPSA) is 79.1 Å². The van der Waals surface area contributed by atoms with E-state index < -0.39 is 12.0 Å². The Morgan fingerprint density at radius 1 is 1.21 bits per heavy atom.